The summed E-state index contributed by atoms with van der Waals surface area (Å²) in [6.45, 7) is 0. The van der Waals surface area contributed by atoms with Crippen molar-refractivity contribution in [3.63, 3.8) is 0 Å². The molecule has 5 heteroatoms. The number of imidazole rings is 1. The summed E-state index contributed by atoms with van der Waals surface area (Å²) in [7, 11) is 3.16. The molecule has 0 fully saturated rings. The highest BCUT2D eigenvalue weighted by molar-refractivity contribution is 6.15. The maximum atomic E-state index is 13.2. The number of nitrogens with zero attached hydrogens (tertiary/aromatic N) is 2. The van der Waals surface area contributed by atoms with Crippen LogP contribution in [-0.4, -0.2) is 23.6 Å². The van der Waals surface area contributed by atoms with Gasteiger partial charge >= 0.3 is 0 Å². The number of benzene rings is 3. The van der Waals surface area contributed by atoms with Crippen LogP contribution < -0.4 is 15.0 Å². The third kappa shape index (κ3) is 1.72. The van der Waals surface area contributed by atoms with E-state index in [0.717, 1.165) is 16.2 Å². The summed E-state index contributed by atoms with van der Waals surface area (Å²) in [6, 6.07) is 15.4. The number of aromatic nitrogens is 2. The number of methoxy groups -OCH3 is 2. The fraction of sp³-hybridized carbons (Fsp3) is 0.100. The van der Waals surface area contributed by atoms with E-state index in [1.807, 2.05) is 36.4 Å². The third-order valence-electron chi connectivity index (χ3n) is 4.74. The first-order valence-electron chi connectivity index (χ1n) is 7.94. The zero-order valence-electron chi connectivity index (χ0n) is 13.7. The van der Waals surface area contributed by atoms with Crippen LogP contribution >= 0.6 is 0 Å². The van der Waals surface area contributed by atoms with E-state index < -0.39 is 0 Å². The van der Waals surface area contributed by atoms with Gasteiger partial charge in [-0.25, -0.2) is 4.98 Å². The average Bonchev–Trinajstić information content (AvgIpc) is 3.03. The maximum absolute atomic E-state index is 13.2. The number of hydrogen-bond donors (Lipinski definition) is 0. The summed E-state index contributed by atoms with van der Waals surface area (Å²) in [4.78, 5) is 17.9. The maximum Gasteiger partial charge on any atom is 0.264 e. The molecular formula is C20H14N2O3. The van der Waals surface area contributed by atoms with Gasteiger partial charge in [0.1, 0.15) is 5.65 Å². The molecule has 3 aromatic carbocycles. The molecule has 0 aliphatic heterocycles. The van der Waals surface area contributed by atoms with Gasteiger partial charge in [-0.1, -0.05) is 30.3 Å². The molecule has 5 rings (SSSR count). The Hall–Kier alpha value is -3.34. The van der Waals surface area contributed by atoms with Gasteiger partial charge < -0.3 is 9.47 Å². The number of hydrogen-bond acceptors (Lipinski definition) is 4. The Bertz CT molecular complexity index is 1330. The van der Waals surface area contributed by atoms with Crippen molar-refractivity contribution >= 4 is 38.2 Å². The topological polar surface area (TPSA) is 52.8 Å². The fourth-order valence-corrected chi connectivity index (χ4v) is 3.62. The smallest absolute Gasteiger partial charge is 0.264 e. The van der Waals surface area contributed by atoms with Gasteiger partial charge in [-0.2, -0.15) is 0 Å². The summed E-state index contributed by atoms with van der Waals surface area (Å²) < 4.78 is 12.4. The third-order valence-corrected chi connectivity index (χ3v) is 4.74. The monoisotopic (exact) mass is 330 g/mol. The molecule has 0 aliphatic carbocycles. The van der Waals surface area contributed by atoms with E-state index in [-0.39, 0.29) is 5.56 Å². The Morgan fingerprint density at radius 2 is 1.60 bits per heavy atom. The molecule has 0 atom stereocenters. The molecule has 0 unspecified atom stereocenters. The van der Waals surface area contributed by atoms with Crippen LogP contribution in [0.5, 0.6) is 11.5 Å². The van der Waals surface area contributed by atoms with E-state index in [9.17, 15) is 4.79 Å². The lowest BCUT2D eigenvalue weighted by Crippen LogP contribution is -2.13. The lowest BCUT2D eigenvalue weighted by atomic mass is 10.0. The van der Waals surface area contributed by atoms with E-state index in [0.29, 0.717) is 33.6 Å². The van der Waals surface area contributed by atoms with Crippen molar-refractivity contribution < 1.29 is 9.47 Å². The molecule has 0 radical (unpaired) electrons. The van der Waals surface area contributed by atoms with Crippen LogP contribution in [0.1, 0.15) is 0 Å². The van der Waals surface area contributed by atoms with Crippen LogP contribution in [0.4, 0.5) is 0 Å². The molecule has 0 aliphatic rings. The van der Waals surface area contributed by atoms with Crippen molar-refractivity contribution in [1.82, 2.24) is 9.38 Å². The van der Waals surface area contributed by atoms with E-state index in [1.165, 1.54) is 0 Å². The standard InChI is InChI=1S/C20H14N2O3/c1-24-16-9-14-15(10-17(16)25-2)22-19(21-14)12-7-3-5-11-6-4-8-13(18(11)12)20(22)23/h3-10H,1-2H3. The summed E-state index contributed by atoms with van der Waals surface area (Å²) >= 11 is 0. The van der Waals surface area contributed by atoms with Gasteiger partial charge in [0.15, 0.2) is 11.5 Å². The Balaban J connectivity index is 2.10. The summed E-state index contributed by atoms with van der Waals surface area (Å²) in [5, 5.41) is 3.64. The van der Waals surface area contributed by atoms with E-state index >= 15 is 0 Å². The molecule has 122 valence electrons. The van der Waals surface area contributed by atoms with Crippen LogP contribution in [-0.2, 0) is 0 Å². The van der Waals surface area contributed by atoms with Gasteiger partial charge in [-0.15, -0.1) is 0 Å². The molecule has 2 aromatic heterocycles. The first-order valence-corrected chi connectivity index (χ1v) is 7.94. The first kappa shape index (κ1) is 14.0. The molecule has 0 spiro atoms. The van der Waals surface area contributed by atoms with E-state index in [4.69, 9.17) is 14.5 Å². The van der Waals surface area contributed by atoms with Crippen molar-refractivity contribution in [1.29, 1.82) is 0 Å². The molecule has 0 saturated heterocycles. The Morgan fingerprint density at radius 3 is 2.32 bits per heavy atom. The molecule has 5 aromatic rings. The molecule has 0 amide bonds. The van der Waals surface area contributed by atoms with Crippen molar-refractivity contribution in [2.24, 2.45) is 0 Å². The quantitative estimate of drug-likeness (QED) is 0.496. The molecule has 5 nitrogen and oxygen atoms in total. The van der Waals surface area contributed by atoms with Crippen molar-refractivity contribution in [3.8, 4) is 11.5 Å². The number of pyridine rings is 1. The van der Waals surface area contributed by atoms with Crippen LogP contribution in [0, 0.1) is 0 Å². The van der Waals surface area contributed by atoms with Crippen molar-refractivity contribution in [2.75, 3.05) is 14.2 Å². The van der Waals surface area contributed by atoms with E-state index in [1.54, 1.807) is 30.8 Å². The second-order valence-electron chi connectivity index (χ2n) is 5.98. The normalized spacial score (nSPS) is 11.8. The minimum atomic E-state index is -0.0750. The zero-order chi connectivity index (χ0) is 17.1. The van der Waals surface area contributed by atoms with Crippen LogP contribution in [0.25, 0.3) is 38.2 Å². The number of rotatable bonds is 2. The summed E-state index contributed by atoms with van der Waals surface area (Å²) in [5.74, 6) is 1.16. The van der Waals surface area contributed by atoms with Gasteiger partial charge in [-0.3, -0.25) is 9.20 Å². The fourth-order valence-electron chi connectivity index (χ4n) is 3.62. The molecule has 0 bridgehead atoms. The second kappa shape index (κ2) is 4.83. The van der Waals surface area contributed by atoms with E-state index in [2.05, 4.69) is 0 Å². The van der Waals surface area contributed by atoms with Gasteiger partial charge in [0.05, 0.1) is 25.3 Å². The minimum Gasteiger partial charge on any atom is -0.493 e. The van der Waals surface area contributed by atoms with Gasteiger partial charge in [-0.05, 0) is 11.5 Å². The lowest BCUT2D eigenvalue weighted by molar-refractivity contribution is 0.355. The highest BCUT2D eigenvalue weighted by Crippen LogP contribution is 2.34. The molecule has 2 heterocycles. The number of ether oxygens (including phenoxy) is 2. The Labute approximate surface area is 142 Å². The van der Waals surface area contributed by atoms with Gasteiger partial charge in [0.25, 0.3) is 5.56 Å². The van der Waals surface area contributed by atoms with Crippen LogP contribution in [0.3, 0.4) is 0 Å². The average molecular weight is 330 g/mol. The Morgan fingerprint density at radius 1 is 0.920 bits per heavy atom. The predicted octanol–water partition coefficient (Wildman–Crippen LogP) is 3.61. The molecular weight excluding hydrogens is 316 g/mol. The molecule has 25 heavy (non-hydrogen) atoms. The zero-order valence-corrected chi connectivity index (χ0v) is 13.7. The summed E-state index contributed by atoms with van der Waals surface area (Å²) in [6.07, 6.45) is 0. The van der Waals surface area contributed by atoms with Crippen LogP contribution in [0.15, 0.2) is 53.3 Å². The first-order chi connectivity index (χ1) is 12.2. The SMILES string of the molecule is COc1cc2nc3c4cccc5cccc(c(=O)n3c2cc1OC)c54. The summed E-state index contributed by atoms with van der Waals surface area (Å²) in [5.41, 5.74) is 1.99. The van der Waals surface area contributed by atoms with Gasteiger partial charge in [0.2, 0.25) is 0 Å². The Kier molecular flexibility index (Phi) is 2.71. The second-order valence-corrected chi connectivity index (χ2v) is 5.98. The van der Waals surface area contributed by atoms with Gasteiger partial charge in [0, 0.05) is 28.3 Å². The largest absolute Gasteiger partial charge is 0.493 e. The minimum absolute atomic E-state index is 0.0750. The molecule has 0 N–H and O–H groups in total. The predicted molar refractivity (Wildman–Crippen MR) is 98.3 cm³/mol. The molecule has 0 saturated carbocycles. The van der Waals surface area contributed by atoms with Crippen LogP contribution in [0.2, 0.25) is 0 Å². The van der Waals surface area contributed by atoms with Crippen molar-refractivity contribution in [3.05, 3.63) is 58.9 Å². The lowest BCUT2D eigenvalue weighted by Gasteiger charge is -2.08. The highest BCUT2D eigenvalue weighted by atomic mass is 16.5. The van der Waals surface area contributed by atoms with Crippen molar-refractivity contribution in [2.45, 2.75) is 0 Å². The highest BCUT2D eigenvalue weighted by Gasteiger charge is 2.17. The number of fused-ring (bicyclic) bond motifs is 4.